The Morgan fingerprint density at radius 1 is 1.42 bits per heavy atom. The van der Waals surface area contributed by atoms with Gasteiger partial charge in [-0.1, -0.05) is 12.8 Å². The summed E-state index contributed by atoms with van der Waals surface area (Å²) >= 11 is 1.50. The lowest BCUT2D eigenvalue weighted by Gasteiger charge is -2.10. The highest BCUT2D eigenvalue weighted by molar-refractivity contribution is 8.00. The highest BCUT2D eigenvalue weighted by Gasteiger charge is 2.23. The van der Waals surface area contributed by atoms with E-state index in [1.165, 1.54) is 43.8 Å². The fraction of sp³-hybridized carbons (Fsp3) is 0.462. The summed E-state index contributed by atoms with van der Waals surface area (Å²) in [6.45, 7) is 0. The summed E-state index contributed by atoms with van der Waals surface area (Å²) in [5, 5.41) is 11.4. The summed E-state index contributed by atoms with van der Waals surface area (Å²) in [7, 11) is 1.30. The van der Waals surface area contributed by atoms with Crippen molar-refractivity contribution in [1.29, 1.82) is 0 Å². The molecule has 0 bridgehead atoms. The Morgan fingerprint density at radius 3 is 2.68 bits per heavy atom. The first-order chi connectivity index (χ1) is 9.11. The molecular weight excluding hydrogens is 266 g/mol. The van der Waals surface area contributed by atoms with Crippen LogP contribution in [0.25, 0.3) is 0 Å². The molecule has 1 aliphatic carbocycles. The van der Waals surface area contributed by atoms with Crippen LogP contribution in [0, 0.1) is 10.1 Å². The fourth-order valence-electron chi connectivity index (χ4n) is 2.19. The Kier molecular flexibility index (Phi) is 4.42. The van der Waals surface area contributed by atoms with E-state index < -0.39 is 10.9 Å². The van der Waals surface area contributed by atoms with Gasteiger partial charge in [0.1, 0.15) is 0 Å². The number of carbonyl (C=O) groups is 1. The van der Waals surface area contributed by atoms with Gasteiger partial charge in [-0.25, -0.2) is 4.79 Å². The van der Waals surface area contributed by atoms with Crippen molar-refractivity contribution in [3.05, 3.63) is 33.9 Å². The lowest BCUT2D eigenvalue weighted by Crippen LogP contribution is -2.03. The predicted molar refractivity (Wildman–Crippen MR) is 72.5 cm³/mol. The first-order valence-electron chi connectivity index (χ1n) is 6.15. The van der Waals surface area contributed by atoms with Crippen LogP contribution in [0.1, 0.15) is 36.0 Å². The average molecular weight is 281 g/mol. The van der Waals surface area contributed by atoms with Gasteiger partial charge < -0.3 is 4.74 Å². The number of methoxy groups -OCH3 is 1. The van der Waals surface area contributed by atoms with Crippen molar-refractivity contribution in [3.8, 4) is 0 Å². The van der Waals surface area contributed by atoms with E-state index in [1.54, 1.807) is 6.07 Å². The highest BCUT2D eigenvalue weighted by Crippen LogP contribution is 2.39. The number of thioether (sulfide) groups is 1. The van der Waals surface area contributed by atoms with Crippen LogP contribution in [0.15, 0.2) is 23.1 Å². The number of hydrogen-bond acceptors (Lipinski definition) is 5. The molecule has 5 nitrogen and oxygen atoms in total. The summed E-state index contributed by atoms with van der Waals surface area (Å²) in [5.41, 5.74) is 0.415. The average Bonchev–Trinajstić information content (AvgIpc) is 2.90. The van der Waals surface area contributed by atoms with Crippen LogP contribution >= 0.6 is 11.8 Å². The molecule has 0 amide bonds. The number of nitro benzene ring substituents is 1. The lowest BCUT2D eigenvalue weighted by atomic mass is 10.2. The van der Waals surface area contributed by atoms with Gasteiger partial charge >= 0.3 is 5.97 Å². The number of nitrogens with zero attached hydrogens (tertiary/aromatic N) is 1. The van der Waals surface area contributed by atoms with Crippen LogP contribution in [0.2, 0.25) is 0 Å². The second kappa shape index (κ2) is 6.06. The van der Waals surface area contributed by atoms with Crippen molar-refractivity contribution in [2.45, 2.75) is 35.8 Å². The van der Waals surface area contributed by atoms with Gasteiger partial charge in [0.25, 0.3) is 5.69 Å². The maximum atomic E-state index is 11.5. The van der Waals surface area contributed by atoms with Gasteiger partial charge in [0, 0.05) is 11.3 Å². The number of hydrogen-bond donors (Lipinski definition) is 0. The van der Waals surface area contributed by atoms with Crippen LogP contribution in [0.5, 0.6) is 0 Å². The number of rotatable bonds is 4. The van der Waals surface area contributed by atoms with Crippen LogP contribution in [-0.2, 0) is 4.74 Å². The molecule has 6 heteroatoms. The predicted octanol–water partition coefficient (Wildman–Crippen LogP) is 3.42. The monoisotopic (exact) mass is 281 g/mol. The van der Waals surface area contributed by atoms with Crippen molar-refractivity contribution in [2.24, 2.45) is 0 Å². The van der Waals surface area contributed by atoms with Gasteiger partial charge in [-0.3, -0.25) is 10.1 Å². The fourth-order valence-corrected chi connectivity index (χ4v) is 3.58. The first-order valence-corrected chi connectivity index (χ1v) is 7.03. The van der Waals surface area contributed by atoms with Gasteiger partial charge in [-0.05, 0) is 25.0 Å². The SMILES string of the molecule is COC(=O)c1ccc([N+](=O)[O-])c(SC2CCCC2)c1. The van der Waals surface area contributed by atoms with Gasteiger partial charge in [0.15, 0.2) is 0 Å². The molecule has 0 atom stereocenters. The minimum atomic E-state index is -0.469. The molecule has 0 spiro atoms. The van der Waals surface area contributed by atoms with Crippen molar-refractivity contribution >= 4 is 23.4 Å². The molecule has 0 radical (unpaired) electrons. The number of esters is 1. The zero-order chi connectivity index (χ0) is 13.8. The summed E-state index contributed by atoms with van der Waals surface area (Å²) in [6.07, 6.45) is 4.48. The van der Waals surface area contributed by atoms with E-state index in [-0.39, 0.29) is 5.69 Å². The maximum Gasteiger partial charge on any atom is 0.337 e. The molecule has 0 unspecified atom stereocenters. The number of carbonyl (C=O) groups excluding carboxylic acids is 1. The third kappa shape index (κ3) is 3.26. The molecule has 0 aliphatic heterocycles. The molecule has 1 aromatic rings. The molecule has 0 heterocycles. The van der Waals surface area contributed by atoms with Crippen LogP contribution in [-0.4, -0.2) is 23.3 Å². The van der Waals surface area contributed by atoms with Crippen molar-refractivity contribution in [1.82, 2.24) is 0 Å². The quantitative estimate of drug-likeness (QED) is 0.480. The molecular formula is C13H15NO4S. The number of ether oxygens (including phenoxy) is 1. The normalized spacial score (nSPS) is 15.4. The van der Waals surface area contributed by atoms with Gasteiger partial charge in [0.2, 0.25) is 0 Å². The molecule has 1 saturated carbocycles. The molecule has 1 aromatic carbocycles. The summed E-state index contributed by atoms with van der Waals surface area (Å²) in [5.74, 6) is -0.469. The van der Waals surface area contributed by atoms with Crippen molar-refractivity contribution < 1.29 is 14.5 Å². The van der Waals surface area contributed by atoms with Crippen LogP contribution < -0.4 is 0 Å². The van der Waals surface area contributed by atoms with Crippen molar-refractivity contribution in [2.75, 3.05) is 7.11 Å². The second-order valence-electron chi connectivity index (χ2n) is 4.46. The summed E-state index contributed by atoms with van der Waals surface area (Å²) < 4.78 is 4.64. The van der Waals surface area contributed by atoms with E-state index in [0.717, 1.165) is 12.8 Å². The number of benzene rings is 1. The smallest absolute Gasteiger partial charge is 0.337 e. The highest BCUT2D eigenvalue weighted by atomic mass is 32.2. The van der Waals surface area contributed by atoms with Gasteiger partial charge in [0.05, 0.1) is 22.5 Å². The molecule has 0 saturated heterocycles. The Balaban J connectivity index is 2.29. The minimum Gasteiger partial charge on any atom is -0.465 e. The van der Waals surface area contributed by atoms with E-state index in [4.69, 9.17) is 0 Å². The molecule has 2 rings (SSSR count). The Labute approximate surface area is 115 Å². The number of nitro groups is 1. The molecule has 0 N–H and O–H groups in total. The summed E-state index contributed by atoms with van der Waals surface area (Å²) in [4.78, 5) is 22.7. The van der Waals surface area contributed by atoms with E-state index in [1.807, 2.05) is 0 Å². The van der Waals surface area contributed by atoms with Crippen LogP contribution in [0.3, 0.4) is 0 Å². The van der Waals surface area contributed by atoms with Crippen molar-refractivity contribution in [3.63, 3.8) is 0 Å². The van der Waals surface area contributed by atoms with Gasteiger partial charge in [-0.15, -0.1) is 11.8 Å². The maximum absolute atomic E-state index is 11.5. The first kappa shape index (κ1) is 13.9. The minimum absolute atomic E-state index is 0.0598. The zero-order valence-electron chi connectivity index (χ0n) is 10.6. The Hall–Kier alpha value is -1.56. The Bertz CT molecular complexity index is 497. The molecule has 1 aliphatic rings. The molecule has 1 fully saturated rings. The van der Waals surface area contributed by atoms with Gasteiger partial charge in [-0.2, -0.15) is 0 Å². The molecule has 0 aromatic heterocycles. The zero-order valence-corrected chi connectivity index (χ0v) is 11.4. The molecule has 102 valence electrons. The lowest BCUT2D eigenvalue weighted by molar-refractivity contribution is -0.387. The van der Waals surface area contributed by atoms with E-state index in [0.29, 0.717) is 15.7 Å². The molecule has 19 heavy (non-hydrogen) atoms. The largest absolute Gasteiger partial charge is 0.465 e. The van der Waals surface area contributed by atoms with Crippen LogP contribution in [0.4, 0.5) is 5.69 Å². The summed E-state index contributed by atoms with van der Waals surface area (Å²) in [6, 6.07) is 4.37. The topological polar surface area (TPSA) is 69.4 Å². The van der Waals surface area contributed by atoms with E-state index in [2.05, 4.69) is 4.74 Å². The third-order valence-electron chi connectivity index (χ3n) is 3.17. The second-order valence-corrected chi connectivity index (χ2v) is 5.80. The third-order valence-corrected chi connectivity index (χ3v) is 4.56. The van der Waals surface area contributed by atoms with E-state index >= 15 is 0 Å². The standard InChI is InChI=1S/C13H15NO4S/c1-18-13(15)9-6-7-11(14(16)17)12(8-9)19-10-4-2-3-5-10/h6-8,10H,2-5H2,1H3. The van der Waals surface area contributed by atoms with E-state index in [9.17, 15) is 14.9 Å². The Morgan fingerprint density at radius 2 is 2.11 bits per heavy atom.